The highest BCUT2D eigenvalue weighted by Gasteiger charge is 2.25. The Hall–Kier alpha value is -0.470. The summed E-state index contributed by atoms with van der Waals surface area (Å²) >= 11 is 1.13. The number of likely N-dealkylation sites (tertiary alicyclic amines) is 1. The molecule has 0 unspecified atom stereocenters. The normalized spacial score (nSPS) is 18.5. The van der Waals surface area contributed by atoms with Gasteiger partial charge in [0, 0.05) is 10.9 Å². The van der Waals surface area contributed by atoms with Crippen molar-refractivity contribution in [1.82, 2.24) is 9.62 Å². The van der Waals surface area contributed by atoms with Crippen molar-refractivity contribution in [1.29, 1.82) is 0 Å². The van der Waals surface area contributed by atoms with Crippen LogP contribution in [0.2, 0.25) is 0 Å². The number of hydrogen-bond donors (Lipinski definition) is 2. The van der Waals surface area contributed by atoms with Crippen molar-refractivity contribution in [2.75, 3.05) is 19.6 Å². The van der Waals surface area contributed by atoms with Crippen molar-refractivity contribution in [3.8, 4) is 0 Å². The van der Waals surface area contributed by atoms with Crippen molar-refractivity contribution in [3.63, 3.8) is 0 Å². The minimum absolute atomic E-state index is 0.0211. The molecule has 1 aliphatic heterocycles. The van der Waals surface area contributed by atoms with Crippen LogP contribution in [0.25, 0.3) is 0 Å². The van der Waals surface area contributed by atoms with Crippen LogP contribution in [0.4, 0.5) is 0 Å². The third-order valence-corrected chi connectivity index (χ3v) is 6.59. The molecular weight excluding hydrogens is 296 g/mol. The molecule has 0 bridgehead atoms. The first-order valence-corrected chi connectivity index (χ1v) is 9.29. The zero-order valence-corrected chi connectivity index (χ0v) is 13.3. The van der Waals surface area contributed by atoms with Crippen LogP contribution in [-0.2, 0) is 16.6 Å². The summed E-state index contributed by atoms with van der Waals surface area (Å²) in [4.78, 5) is 3.04. The van der Waals surface area contributed by atoms with Crippen molar-refractivity contribution in [2.24, 2.45) is 0 Å². The third kappa shape index (κ3) is 4.02. The molecule has 2 heterocycles. The second-order valence-electron chi connectivity index (χ2n) is 5.12. The molecule has 1 fully saturated rings. The van der Waals surface area contributed by atoms with E-state index in [9.17, 15) is 8.42 Å². The maximum absolute atomic E-state index is 12.2. The summed E-state index contributed by atoms with van der Waals surface area (Å²) in [6.45, 7) is 5.03. The van der Waals surface area contributed by atoms with Gasteiger partial charge in [0.25, 0.3) is 0 Å². The maximum Gasteiger partial charge on any atom is 0.250 e. The van der Waals surface area contributed by atoms with E-state index in [-0.39, 0.29) is 16.9 Å². The predicted octanol–water partition coefficient (Wildman–Crippen LogP) is 1.39. The van der Waals surface area contributed by atoms with Crippen LogP contribution in [0.5, 0.6) is 0 Å². The molecule has 1 aromatic heterocycles. The Bertz CT molecular complexity index is 519. The number of thiophene rings is 1. The van der Waals surface area contributed by atoms with Gasteiger partial charge in [0.15, 0.2) is 0 Å². The summed E-state index contributed by atoms with van der Waals surface area (Å²) in [6.07, 6.45) is 2.85. The van der Waals surface area contributed by atoms with Crippen molar-refractivity contribution < 1.29 is 13.5 Å². The van der Waals surface area contributed by atoms with Crippen LogP contribution >= 0.6 is 11.3 Å². The van der Waals surface area contributed by atoms with E-state index in [0.29, 0.717) is 4.88 Å². The van der Waals surface area contributed by atoms with E-state index in [1.807, 2.05) is 0 Å². The van der Waals surface area contributed by atoms with Crippen LogP contribution in [0.1, 0.15) is 31.1 Å². The molecule has 0 atom stereocenters. The lowest BCUT2D eigenvalue weighted by Gasteiger charge is -2.31. The third-order valence-electron chi connectivity index (χ3n) is 3.51. The summed E-state index contributed by atoms with van der Waals surface area (Å²) in [7, 11) is -3.44. The average molecular weight is 318 g/mol. The van der Waals surface area contributed by atoms with Gasteiger partial charge >= 0.3 is 0 Å². The van der Waals surface area contributed by atoms with E-state index in [2.05, 4.69) is 16.5 Å². The fourth-order valence-electron chi connectivity index (χ4n) is 2.46. The fourth-order valence-corrected chi connectivity index (χ4v) is 4.99. The predicted molar refractivity (Wildman–Crippen MR) is 80.3 cm³/mol. The Morgan fingerprint density at radius 3 is 2.65 bits per heavy atom. The molecule has 0 radical (unpaired) electrons. The second-order valence-corrected chi connectivity index (χ2v) is 8.23. The van der Waals surface area contributed by atoms with Crippen LogP contribution < -0.4 is 4.72 Å². The summed E-state index contributed by atoms with van der Waals surface area (Å²) < 4.78 is 27.6. The van der Waals surface area contributed by atoms with Crippen LogP contribution in [0, 0.1) is 0 Å². The minimum atomic E-state index is -3.44. The Kier molecular flexibility index (Phi) is 5.57. The number of aliphatic hydroxyl groups excluding tert-OH is 1. The van der Waals surface area contributed by atoms with Gasteiger partial charge in [0.2, 0.25) is 10.0 Å². The monoisotopic (exact) mass is 318 g/mol. The molecule has 20 heavy (non-hydrogen) atoms. The molecule has 114 valence electrons. The van der Waals surface area contributed by atoms with Gasteiger partial charge in [0.05, 0.1) is 6.61 Å². The topological polar surface area (TPSA) is 69.6 Å². The molecule has 0 spiro atoms. The number of aliphatic hydroxyl groups is 1. The Labute approximate surface area is 124 Å². The largest absolute Gasteiger partial charge is 0.391 e. The van der Waals surface area contributed by atoms with Gasteiger partial charge in [-0.2, -0.15) is 0 Å². The van der Waals surface area contributed by atoms with Crippen LogP contribution in [-0.4, -0.2) is 44.1 Å². The number of piperidine rings is 1. The van der Waals surface area contributed by atoms with Gasteiger partial charge in [-0.15, -0.1) is 11.3 Å². The summed E-state index contributed by atoms with van der Waals surface area (Å²) in [5.41, 5.74) is 0. The lowest BCUT2D eigenvalue weighted by Crippen LogP contribution is -2.44. The minimum Gasteiger partial charge on any atom is -0.391 e. The van der Waals surface area contributed by atoms with Gasteiger partial charge in [0.1, 0.15) is 4.21 Å². The first-order chi connectivity index (χ1) is 9.55. The first kappa shape index (κ1) is 15.9. The molecule has 0 saturated carbocycles. The highest BCUT2D eigenvalue weighted by Crippen LogP contribution is 2.22. The molecular formula is C13H22N2O3S2. The molecule has 1 aromatic rings. The van der Waals surface area contributed by atoms with E-state index < -0.39 is 10.0 Å². The summed E-state index contributed by atoms with van der Waals surface area (Å²) in [5, 5.41) is 9.01. The molecule has 0 amide bonds. The number of hydrogen-bond acceptors (Lipinski definition) is 5. The van der Waals surface area contributed by atoms with Crippen LogP contribution in [0.3, 0.4) is 0 Å². The highest BCUT2D eigenvalue weighted by atomic mass is 32.2. The maximum atomic E-state index is 12.2. The van der Waals surface area contributed by atoms with Gasteiger partial charge < -0.3 is 10.0 Å². The molecule has 2 rings (SSSR count). The molecule has 1 saturated heterocycles. The van der Waals surface area contributed by atoms with Crippen molar-refractivity contribution in [2.45, 2.75) is 43.0 Å². The Morgan fingerprint density at radius 2 is 2.10 bits per heavy atom. The molecule has 5 nitrogen and oxygen atoms in total. The van der Waals surface area contributed by atoms with Crippen LogP contribution in [0.15, 0.2) is 16.3 Å². The van der Waals surface area contributed by atoms with Gasteiger partial charge in [-0.25, -0.2) is 13.1 Å². The Balaban J connectivity index is 1.92. The van der Waals surface area contributed by atoms with E-state index in [0.717, 1.165) is 50.2 Å². The van der Waals surface area contributed by atoms with E-state index in [1.165, 1.54) is 0 Å². The molecule has 2 N–H and O–H groups in total. The number of rotatable bonds is 6. The Morgan fingerprint density at radius 1 is 1.40 bits per heavy atom. The lowest BCUT2D eigenvalue weighted by atomic mass is 10.1. The smallest absolute Gasteiger partial charge is 0.250 e. The lowest BCUT2D eigenvalue weighted by molar-refractivity contribution is 0.208. The van der Waals surface area contributed by atoms with E-state index >= 15 is 0 Å². The van der Waals surface area contributed by atoms with Crippen molar-refractivity contribution in [3.05, 3.63) is 17.0 Å². The zero-order valence-electron chi connectivity index (χ0n) is 11.7. The number of nitrogens with zero attached hydrogens (tertiary/aromatic N) is 1. The van der Waals surface area contributed by atoms with Gasteiger partial charge in [-0.1, -0.05) is 6.92 Å². The van der Waals surface area contributed by atoms with Crippen molar-refractivity contribution >= 4 is 21.4 Å². The van der Waals surface area contributed by atoms with E-state index in [4.69, 9.17) is 5.11 Å². The first-order valence-electron chi connectivity index (χ1n) is 6.99. The second kappa shape index (κ2) is 7.00. The average Bonchev–Trinajstić information content (AvgIpc) is 2.91. The van der Waals surface area contributed by atoms with Gasteiger partial charge in [-0.05, 0) is 51.0 Å². The SMILES string of the molecule is CCCN1CCC(NS(=O)(=O)c2ccc(CO)s2)CC1. The summed E-state index contributed by atoms with van der Waals surface area (Å²) in [6, 6.07) is 3.24. The quantitative estimate of drug-likeness (QED) is 0.832. The number of nitrogens with one attached hydrogen (secondary N) is 1. The molecule has 1 aliphatic rings. The summed E-state index contributed by atoms with van der Waals surface area (Å²) in [5.74, 6) is 0. The number of sulfonamides is 1. The van der Waals surface area contributed by atoms with E-state index in [1.54, 1.807) is 12.1 Å². The highest BCUT2D eigenvalue weighted by molar-refractivity contribution is 7.91. The molecule has 0 aromatic carbocycles. The fraction of sp³-hybridized carbons (Fsp3) is 0.692. The standard InChI is InChI=1S/C13H22N2O3S2/c1-2-7-15-8-5-11(6-9-15)14-20(17,18)13-4-3-12(10-16)19-13/h3-4,11,14,16H,2,5-10H2,1H3. The zero-order chi connectivity index (χ0) is 14.6. The van der Waals surface area contributed by atoms with Gasteiger partial charge in [-0.3, -0.25) is 0 Å². The molecule has 7 heteroatoms. The molecule has 0 aliphatic carbocycles.